The number of nitrogens with zero attached hydrogens (tertiary/aromatic N) is 2. The lowest BCUT2D eigenvalue weighted by Gasteiger charge is -2.42. The van der Waals surface area contributed by atoms with Crippen molar-refractivity contribution < 1.29 is 17.6 Å². The van der Waals surface area contributed by atoms with Gasteiger partial charge in [0.05, 0.1) is 24.3 Å². The lowest BCUT2D eigenvalue weighted by Crippen LogP contribution is -2.46. The van der Waals surface area contributed by atoms with E-state index in [0.29, 0.717) is 49.8 Å². The summed E-state index contributed by atoms with van der Waals surface area (Å²) >= 11 is 0. The van der Waals surface area contributed by atoms with Gasteiger partial charge in [0, 0.05) is 17.2 Å². The monoisotopic (exact) mass is 450 g/mol. The van der Waals surface area contributed by atoms with Crippen molar-refractivity contribution in [2.75, 3.05) is 0 Å². The number of hydrogen-bond acceptors (Lipinski definition) is 2. The topological polar surface area (TPSA) is 27.1 Å². The molecule has 0 bridgehead atoms. The number of hydrogen-bond donors (Lipinski definition) is 0. The van der Waals surface area contributed by atoms with Crippen molar-refractivity contribution in [1.29, 1.82) is 0 Å². The zero-order valence-electron chi connectivity index (χ0n) is 19.1. The minimum absolute atomic E-state index is 0.115. The minimum Gasteiger partial charge on any atom is -0.414 e. The Bertz CT molecular complexity index is 958. The maximum atomic E-state index is 15.7. The van der Waals surface area contributed by atoms with E-state index in [1.165, 1.54) is 0 Å². The summed E-state index contributed by atoms with van der Waals surface area (Å²) in [6.07, 6.45) is 6.32. The first-order chi connectivity index (χ1) is 14.4. The summed E-state index contributed by atoms with van der Waals surface area (Å²) in [4.78, 5) is 4.11. The molecular formula is C24H33F3N2OSi. The molecule has 1 aliphatic heterocycles. The van der Waals surface area contributed by atoms with Gasteiger partial charge in [-0.1, -0.05) is 20.8 Å². The molecule has 2 aromatic rings. The molecule has 1 unspecified atom stereocenters. The molecule has 0 saturated heterocycles. The third-order valence-electron chi connectivity index (χ3n) is 7.69. The highest BCUT2D eigenvalue weighted by Gasteiger charge is 2.43. The SMILES string of the molecule is CC(C)(C)[Si](C)(C)OC1CCC(F)(CCC2c3c(F)ccc(F)c3-c3cncn32)CC1. The molecule has 1 saturated carbocycles. The smallest absolute Gasteiger partial charge is 0.192 e. The van der Waals surface area contributed by atoms with Crippen LogP contribution in [0.25, 0.3) is 11.3 Å². The van der Waals surface area contributed by atoms with E-state index >= 15 is 4.39 Å². The van der Waals surface area contributed by atoms with E-state index in [0.717, 1.165) is 12.1 Å². The summed E-state index contributed by atoms with van der Waals surface area (Å²) in [5.74, 6) is -0.900. The quantitative estimate of drug-likeness (QED) is 0.451. The number of halogens is 3. The summed E-state index contributed by atoms with van der Waals surface area (Å²) in [6.45, 7) is 11.1. The van der Waals surface area contributed by atoms with Crippen molar-refractivity contribution in [3.63, 3.8) is 0 Å². The first-order valence-corrected chi connectivity index (χ1v) is 14.2. The van der Waals surface area contributed by atoms with Gasteiger partial charge < -0.3 is 8.99 Å². The van der Waals surface area contributed by atoms with Crippen LogP contribution < -0.4 is 0 Å². The van der Waals surface area contributed by atoms with E-state index < -0.39 is 31.7 Å². The number of rotatable bonds is 5. The molecule has 1 atom stereocenters. The van der Waals surface area contributed by atoms with Gasteiger partial charge in [-0.15, -0.1) is 0 Å². The summed E-state index contributed by atoms with van der Waals surface area (Å²) in [5.41, 5.74) is -0.130. The molecule has 170 valence electrons. The highest BCUT2D eigenvalue weighted by atomic mass is 28.4. The van der Waals surface area contributed by atoms with Gasteiger partial charge in [0.15, 0.2) is 8.32 Å². The highest BCUT2D eigenvalue weighted by molar-refractivity contribution is 6.74. The van der Waals surface area contributed by atoms with E-state index in [-0.39, 0.29) is 16.7 Å². The standard InChI is InChI=1S/C24H33F3N2OSi/c1-23(2,3)31(4,5)30-16-8-11-24(27,12-9-16)13-10-19-21-17(25)6-7-18(26)22(21)20-14-28-15-29(19)20/h6-7,14-16,19H,8-13H2,1-5H3. The zero-order chi connectivity index (χ0) is 22.6. The second-order valence-corrected chi connectivity index (χ2v) is 15.5. The van der Waals surface area contributed by atoms with Gasteiger partial charge in [0.1, 0.15) is 17.3 Å². The number of imidazole rings is 1. The van der Waals surface area contributed by atoms with E-state index in [4.69, 9.17) is 4.43 Å². The Kier molecular flexibility index (Phi) is 5.66. The van der Waals surface area contributed by atoms with Crippen LogP contribution in [0.2, 0.25) is 18.1 Å². The normalized spacial score (nSPS) is 26.1. The Hall–Kier alpha value is -1.60. The molecule has 2 heterocycles. The largest absolute Gasteiger partial charge is 0.414 e. The molecule has 3 nitrogen and oxygen atoms in total. The van der Waals surface area contributed by atoms with E-state index in [1.807, 2.05) is 0 Å². The molecule has 0 radical (unpaired) electrons. The van der Waals surface area contributed by atoms with E-state index in [1.54, 1.807) is 17.1 Å². The average Bonchev–Trinajstić information content (AvgIpc) is 3.25. The molecule has 1 aromatic heterocycles. The van der Waals surface area contributed by atoms with Crippen LogP contribution in [0.3, 0.4) is 0 Å². The fourth-order valence-corrected chi connectivity index (χ4v) is 6.21. The molecule has 0 amide bonds. The summed E-state index contributed by atoms with van der Waals surface area (Å²) < 4.78 is 53.0. The van der Waals surface area contributed by atoms with Crippen molar-refractivity contribution >= 4 is 8.32 Å². The van der Waals surface area contributed by atoms with Crippen molar-refractivity contribution in [3.05, 3.63) is 41.9 Å². The van der Waals surface area contributed by atoms with Crippen LogP contribution in [0.1, 0.15) is 70.9 Å². The first kappa shape index (κ1) is 22.6. The maximum Gasteiger partial charge on any atom is 0.192 e. The maximum absolute atomic E-state index is 15.7. The minimum atomic E-state index is -1.87. The Morgan fingerprint density at radius 2 is 1.81 bits per heavy atom. The molecule has 2 aliphatic rings. The van der Waals surface area contributed by atoms with Crippen molar-refractivity contribution in [2.24, 2.45) is 0 Å². The van der Waals surface area contributed by atoms with Crippen LogP contribution in [0.5, 0.6) is 0 Å². The molecule has 1 fully saturated rings. The summed E-state index contributed by atoms with van der Waals surface area (Å²) in [6, 6.07) is 1.89. The van der Waals surface area contributed by atoms with Gasteiger partial charge in [-0.05, 0) is 68.8 Å². The predicted molar refractivity (Wildman–Crippen MR) is 119 cm³/mol. The van der Waals surface area contributed by atoms with Crippen LogP contribution in [0.4, 0.5) is 13.2 Å². The molecule has 0 spiro atoms. The third kappa shape index (κ3) is 4.11. The van der Waals surface area contributed by atoms with Gasteiger partial charge in [0.2, 0.25) is 0 Å². The van der Waals surface area contributed by atoms with Gasteiger partial charge in [0.25, 0.3) is 0 Å². The average molecular weight is 451 g/mol. The predicted octanol–water partition coefficient (Wildman–Crippen LogP) is 7.18. The molecule has 4 rings (SSSR count). The van der Waals surface area contributed by atoms with Crippen LogP contribution in [0, 0.1) is 11.6 Å². The third-order valence-corrected chi connectivity index (χ3v) is 12.2. The number of aromatic nitrogens is 2. The van der Waals surface area contributed by atoms with E-state index in [9.17, 15) is 8.78 Å². The molecule has 0 N–H and O–H groups in total. The fourth-order valence-electron chi connectivity index (χ4n) is 4.79. The van der Waals surface area contributed by atoms with Gasteiger partial charge in [-0.25, -0.2) is 18.2 Å². The fraction of sp³-hybridized carbons (Fsp3) is 0.625. The van der Waals surface area contributed by atoms with Crippen molar-refractivity contribution in [1.82, 2.24) is 9.55 Å². The van der Waals surface area contributed by atoms with Crippen LogP contribution in [0.15, 0.2) is 24.7 Å². The lowest BCUT2D eigenvalue weighted by molar-refractivity contribution is 0.0302. The second kappa shape index (κ2) is 7.76. The molecular weight excluding hydrogens is 417 g/mol. The summed E-state index contributed by atoms with van der Waals surface area (Å²) in [5, 5.41) is 0.134. The Balaban J connectivity index is 1.43. The van der Waals surface area contributed by atoms with Crippen LogP contribution in [-0.4, -0.2) is 29.6 Å². The first-order valence-electron chi connectivity index (χ1n) is 11.3. The lowest BCUT2D eigenvalue weighted by atomic mass is 9.80. The zero-order valence-corrected chi connectivity index (χ0v) is 20.1. The van der Waals surface area contributed by atoms with Gasteiger partial charge in [-0.3, -0.25) is 0 Å². The van der Waals surface area contributed by atoms with Gasteiger partial charge >= 0.3 is 0 Å². The van der Waals surface area contributed by atoms with Crippen molar-refractivity contribution in [3.8, 4) is 11.3 Å². The molecule has 1 aliphatic carbocycles. The molecule has 7 heteroatoms. The molecule has 1 aromatic carbocycles. The second-order valence-electron chi connectivity index (χ2n) is 10.8. The highest BCUT2D eigenvalue weighted by Crippen LogP contribution is 2.47. The Labute approximate surface area is 184 Å². The number of alkyl halides is 1. The van der Waals surface area contributed by atoms with Crippen molar-refractivity contribution in [2.45, 2.75) is 95.2 Å². The summed E-state index contributed by atoms with van der Waals surface area (Å²) in [7, 11) is -1.87. The Morgan fingerprint density at radius 1 is 1.16 bits per heavy atom. The van der Waals surface area contributed by atoms with Crippen LogP contribution >= 0.6 is 0 Å². The molecule has 31 heavy (non-hydrogen) atoms. The number of benzene rings is 1. The Morgan fingerprint density at radius 3 is 2.45 bits per heavy atom. The van der Waals surface area contributed by atoms with E-state index in [2.05, 4.69) is 38.8 Å². The van der Waals surface area contributed by atoms with Gasteiger partial charge in [-0.2, -0.15) is 0 Å². The number of fused-ring (bicyclic) bond motifs is 3. The van der Waals surface area contributed by atoms with Crippen LogP contribution in [-0.2, 0) is 4.43 Å².